The van der Waals surface area contributed by atoms with E-state index in [-0.39, 0.29) is 6.03 Å². The van der Waals surface area contributed by atoms with E-state index in [0.717, 1.165) is 38.0 Å². The largest absolute Gasteiger partial charge is 0.354 e. The van der Waals surface area contributed by atoms with Crippen LogP contribution >= 0.6 is 0 Å². The van der Waals surface area contributed by atoms with Crippen molar-refractivity contribution in [3.05, 3.63) is 47.8 Å². The van der Waals surface area contributed by atoms with Gasteiger partial charge in [0.2, 0.25) is 0 Å². The van der Waals surface area contributed by atoms with Crippen molar-refractivity contribution in [1.29, 1.82) is 0 Å². The van der Waals surface area contributed by atoms with Crippen molar-refractivity contribution in [3.63, 3.8) is 0 Å². The van der Waals surface area contributed by atoms with Gasteiger partial charge in [-0.1, -0.05) is 37.1 Å². The van der Waals surface area contributed by atoms with Gasteiger partial charge >= 0.3 is 6.03 Å². The lowest BCUT2D eigenvalue weighted by Gasteiger charge is -2.38. The summed E-state index contributed by atoms with van der Waals surface area (Å²) in [5, 5.41) is 2.95. The van der Waals surface area contributed by atoms with Crippen LogP contribution in [0.2, 0.25) is 0 Å². The number of carbonyl (C=O) groups excluding carboxylic acids is 1. The third-order valence-electron chi connectivity index (χ3n) is 6.50. The van der Waals surface area contributed by atoms with Gasteiger partial charge in [0.15, 0.2) is 0 Å². The highest BCUT2D eigenvalue weighted by atomic mass is 16.2. The van der Waals surface area contributed by atoms with Crippen LogP contribution < -0.4 is 10.2 Å². The smallest absolute Gasteiger partial charge is 0.323 e. The van der Waals surface area contributed by atoms with Gasteiger partial charge in [0.25, 0.3) is 0 Å². The third-order valence-corrected chi connectivity index (χ3v) is 6.50. The Bertz CT molecular complexity index is 848. The molecule has 1 saturated carbocycles. The van der Waals surface area contributed by atoms with E-state index < -0.39 is 0 Å². The summed E-state index contributed by atoms with van der Waals surface area (Å²) in [6.07, 6.45) is 7.00. The van der Waals surface area contributed by atoms with Crippen LogP contribution in [0.4, 0.5) is 16.4 Å². The predicted octanol–water partition coefficient (Wildman–Crippen LogP) is 3.09. The zero-order valence-electron chi connectivity index (χ0n) is 16.8. The molecule has 1 aromatic carbocycles. The number of aromatic nitrogens is 2. The number of rotatable bonds is 3. The van der Waals surface area contributed by atoms with Crippen molar-refractivity contribution in [2.75, 3.05) is 36.4 Å². The molecule has 3 aliphatic rings. The molecule has 5 rings (SSSR count). The fraction of sp³-hybridized carbons (Fsp3) is 0.500. The van der Waals surface area contributed by atoms with Crippen molar-refractivity contribution in [2.24, 2.45) is 0 Å². The van der Waals surface area contributed by atoms with E-state index in [1.165, 1.54) is 36.8 Å². The van der Waals surface area contributed by atoms with E-state index in [1.54, 1.807) is 6.33 Å². The average Bonchev–Trinajstić information content (AvgIpc) is 3.44. The number of nitrogens with one attached hydrogen (secondary N) is 1. The van der Waals surface area contributed by atoms with Crippen LogP contribution in [0, 0.1) is 0 Å². The van der Waals surface area contributed by atoms with E-state index in [1.807, 2.05) is 23.1 Å². The number of hydrogen-bond acceptors (Lipinski definition) is 5. The first-order chi connectivity index (χ1) is 14.3. The van der Waals surface area contributed by atoms with Crippen molar-refractivity contribution < 1.29 is 4.79 Å². The molecular weight excluding hydrogens is 364 g/mol. The Morgan fingerprint density at radius 2 is 1.66 bits per heavy atom. The number of carbonyl (C=O) groups is 1. The molecule has 0 unspecified atom stereocenters. The molecule has 0 bridgehead atoms. The predicted molar refractivity (Wildman–Crippen MR) is 113 cm³/mol. The highest BCUT2D eigenvalue weighted by molar-refractivity contribution is 5.89. The summed E-state index contributed by atoms with van der Waals surface area (Å²) in [7, 11) is 0. The molecule has 1 aromatic heterocycles. The van der Waals surface area contributed by atoms with Crippen LogP contribution in [-0.2, 0) is 13.1 Å². The van der Waals surface area contributed by atoms with Crippen molar-refractivity contribution in [3.8, 4) is 0 Å². The molecule has 2 amide bonds. The Kier molecular flexibility index (Phi) is 5.06. The molecule has 7 heteroatoms. The first kappa shape index (κ1) is 18.4. The standard InChI is InChI=1S/C22H28N6O/c29-22(28-14-17-5-1-2-6-18(17)15-28)25-20-13-21(24-16-23-20)27-11-9-26(10-12-27)19-7-3-4-8-19/h1-2,5-6,13,16,19H,3-4,7-12,14-15H2,(H,23,24,25,29). The fourth-order valence-corrected chi connectivity index (χ4v) is 4.84. The molecule has 1 aliphatic carbocycles. The van der Waals surface area contributed by atoms with Crippen LogP contribution in [0.5, 0.6) is 0 Å². The van der Waals surface area contributed by atoms with E-state index in [4.69, 9.17) is 0 Å². The number of hydrogen-bond donors (Lipinski definition) is 1. The van der Waals surface area contributed by atoms with Crippen molar-refractivity contribution in [2.45, 2.75) is 44.8 Å². The summed E-state index contributed by atoms with van der Waals surface area (Å²) < 4.78 is 0. The molecule has 1 N–H and O–H groups in total. The lowest BCUT2D eigenvalue weighted by molar-refractivity contribution is 0.187. The second kappa shape index (κ2) is 7.99. The van der Waals surface area contributed by atoms with Crippen LogP contribution in [0.15, 0.2) is 36.7 Å². The van der Waals surface area contributed by atoms with E-state index in [9.17, 15) is 4.79 Å². The van der Waals surface area contributed by atoms with Gasteiger partial charge in [0.1, 0.15) is 18.0 Å². The highest BCUT2D eigenvalue weighted by Crippen LogP contribution is 2.26. The zero-order chi connectivity index (χ0) is 19.6. The maximum absolute atomic E-state index is 12.7. The van der Waals surface area contributed by atoms with E-state index in [0.29, 0.717) is 18.9 Å². The van der Waals surface area contributed by atoms with Crippen molar-refractivity contribution in [1.82, 2.24) is 19.8 Å². The lowest BCUT2D eigenvalue weighted by atomic mass is 10.1. The van der Waals surface area contributed by atoms with E-state index >= 15 is 0 Å². The van der Waals surface area contributed by atoms with Gasteiger partial charge < -0.3 is 9.80 Å². The highest BCUT2D eigenvalue weighted by Gasteiger charge is 2.27. The molecule has 0 radical (unpaired) electrons. The third kappa shape index (κ3) is 3.92. The van der Waals surface area contributed by atoms with Crippen LogP contribution in [-0.4, -0.2) is 58.0 Å². The number of fused-ring (bicyclic) bond motifs is 1. The molecule has 0 atom stereocenters. The summed E-state index contributed by atoms with van der Waals surface area (Å²) in [5.41, 5.74) is 2.43. The first-order valence-corrected chi connectivity index (χ1v) is 10.7. The Hall–Kier alpha value is -2.67. The van der Waals surface area contributed by atoms with Gasteiger partial charge in [-0.05, 0) is 24.0 Å². The molecule has 2 aromatic rings. The van der Waals surface area contributed by atoms with Gasteiger partial charge in [0, 0.05) is 51.4 Å². The molecule has 3 heterocycles. The van der Waals surface area contributed by atoms with E-state index in [2.05, 4.69) is 37.2 Å². The van der Waals surface area contributed by atoms with Crippen LogP contribution in [0.1, 0.15) is 36.8 Å². The SMILES string of the molecule is O=C(Nc1cc(N2CCN(C3CCCC3)CC2)ncn1)N1Cc2ccccc2C1. The summed E-state index contributed by atoms with van der Waals surface area (Å²) in [6.45, 7) is 5.40. The first-order valence-electron chi connectivity index (χ1n) is 10.7. The topological polar surface area (TPSA) is 64.6 Å². The average molecular weight is 393 g/mol. The molecule has 29 heavy (non-hydrogen) atoms. The fourth-order valence-electron chi connectivity index (χ4n) is 4.84. The molecule has 2 fully saturated rings. The minimum Gasteiger partial charge on any atom is -0.354 e. The lowest BCUT2D eigenvalue weighted by Crippen LogP contribution is -2.50. The molecule has 7 nitrogen and oxygen atoms in total. The molecule has 1 saturated heterocycles. The van der Waals surface area contributed by atoms with Crippen molar-refractivity contribution >= 4 is 17.7 Å². The van der Waals surface area contributed by atoms with Gasteiger partial charge in [-0.25, -0.2) is 14.8 Å². The summed E-state index contributed by atoms with van der Waals surface area (Å²) >= 11 is 0. The second-order valence-corrected chi connectivity index (χ2v) is 8.28. The monoisotopic (exact) mass is 392 g/mol. The Morgan fingerprint density at radius 1 is 0.966 bits per heavy atom. The summed E-state index contributed by atoms with van der Waals surface area (Å²) in [5.74, 6) is 1.46. The molecule has 152 valence electrons. The molecular formula is C22H28N6O. The second-order valence-electron chi connectivity index (χ2n) is 8.28. The summed E-state index contributed by atoms with van der Waals surface area (Å²) in [6, 6.07) is 10.8. The number of urea groups is 1. The Labute approximate surface area is 171 Å². The quantitative estimate of drug-likeness (QED) is 0.870. The number of benzene rings is 1. The maximum Gasteiger partial charge on any atom is 0.323 e. The number of anilines is 2. The van der Waals surface area contributed by atoms with Gasteiger partial charge in [-0.3, -0.25) is 10.2 Å². The molecule has 0 spiro atoms. The minimum absolute atomic E-state index is 0.114. The normalized spacial score (nSPS) is 20.1. The van der Waals surface area contributed by atoms with Gasteiger partial charge in [-0.15, -0.1) is 0 Å². The number of amides is 2. The summed E-state index contributed by atoms with van der Waals surface area (Å²) in [4.78, 5) is 28.2. The van der Waals surface area contributed by atoms with Gasteiger partial charge in [0.05, 0.1) is 0 Å². The maximum atomic E-state index is 12.7. The van der Waals surface area contributed by atoms with Crippen LogP contribution in [0.25, 0.3) is 0 Å². The number of nitrogens with zero attached hydrogens (tertiary/aromatic N) is 5. The molecule has 2 aliphatic heterocycles. The van der Waals surface area contributed by atoms with Gasteiger partial charge in [-0.2, -0.15) is 0 Å². The Morgan fingerprint density at radius 3 is 2.34 bits per heavy atom. The van der Waals surface area contributed by atoms with Crippen LogP contribution in [0.3, 0.4) is 0 Å². The minimum atomic E-state index is -0.114. The number of piperazine rings is 1. The Balaban J connectivity index is 1.19. The zero-order valence-corrected chi connectivity index (χ0v) is 16.8.